The van der Waals surface area contributed by atoms with E-state index in [4.69, 9.17) is 11.2 Å². The number of ether oxygens (including phenoxy) is 1. The van der Waals surface area contributed by atoms with Crippen LogP contribution in [0.15, 0.2) is 10.8 Å². The summed E-state index contributed by atoms with van der Waals surface area (Å²) in [6.07, 6.45) is 7.19. The Hall–Kier alpha value is -1.61. The first-order valence-corrected chi connectivity index (χ1v) is 5.78. The first-order chi connectivity index (χ1) is 8.15. The van der Waals surface area contributed by atoms with Gasteiger partial charge in [0.1, 0.15) is 4.60 Å². The highest BCUT2D eigenvalue weighted by molar-refractivity contribution is 9.10. The molecule has 0 bridgehead atoms. The van der Waals surface area contributed by atoms with Crippen LogP contribution >= 0.6 is 15.9 Å². The second-order valence-electron chi connectivity index (χ2n) is 3.60. The van der Waals surface area contributed by atoms with Crippen molar-refractivity contribution in [2.45, 2.75) is 6.42 Å². The highest BCUT2D eigenvalue weighted by atomic mass is 79.9. The van der Waals surface area contributed by atoms with Gasteiger partial charge in [-0.2, -0.15) is 0 Å². The molecule has 1 fully saturated rings. The van der Waals surface area contributed by atoms with E-state index >= 15 is 0 Å². The molecule has 1 aliphatic heterocycles. The fourth-order valence-corrected chi connectivity index (χ4v) is 1.95. The number of aromatic nitrogens is 2. The van der Waals surface area contributed by atoms with E-state index in [1.54, 1.807) is 0 Å². The molecular weight excluding hydrogens is 286 g/mol. The Labute approximate surface area is 107 Å². The molecule has 5 nitrogen and oxygen atoms in total. The molecule has 1 atom stereocenters. The van der Waals surface area contributed by atoms with E-state index in [-0.39, 0.29) is 11.8 Å². The maximum Gasteiger partial charge on any atom is 0.258 e. The van der Waals surface area contributed by atoms with Crippen molar-refractivity contribution in [2.75, 3.05) is 18.6 Å². The highest BCUT2D eigenvalue weighted by Crippen LogP contribution is 2.30. The summed E-state index contributed by atoms with van der Waals surface area (Å²) in [5, 5.41) is 0. The third-order valence-corrected chi connectivity index (χ3v) is 2.88. The van der Waals surface area contributed by atoms with Crippen molar-refractivity contribution in [2.24, 2.45) is 5.92 Å². The molecule has 88 valence electrons. The molecule has 0 aliphatic carbocycles. The summed E-state index contributed by atoms with van der Waals surface area (Å²) in [4.78, 5) is 21.6. The predicted molar refractivity (Wildman–Crippen MR) is 65.6 cm³/mol. The fourth-order valence-electron chi connectivity index (χ4n) is 1.69. The highest BCUT2D eigenvalue weighted by Gasteiger charge is 2.32. The third-order valence-electron chi connectivity index (χ3n) is 2.50. The summed E-state index contributed by atoms with van der Waals surface area (Å²) in [6.45, 7) is 0.460. The topological polar surface area (TPSA) is 55.3 Å². The van der Waals surface area contributed by atoms with Gasteiger partial charge in [0.05, 0.1) is 13.3 Å². The van der Waals surface area contributed by atoms with Gasteiger partial charge in [-0.15, -0.1) is 12.3 Å². The quantitative estimate of drug-likeness (QED) is 0.770. The Morgan fingerprint density at radius 3 is 3.06 bits per heavy atom. The number of anilines is 1. The predicted octanol–water partition coefficient (Wildman–Crippen LogP) is 1.23. The minimum absolute atomic E-state index is 0.0529. The number of carbonyl (C=O) groups is 1. The Bertz CT molecular complexity index is 498. The fraction of sp³-hybridized carbons (Fsp3) is 0.364. The van der Waals surface area contributed by atoms with Crippen LogP contribution in [-0.4, -0.2) is 29.5 Å². The van der Waals surface area contributed by atoms with Crippen LogP contribution in [0.25, 0.3) is 0 Å². The second-order valence-corrected chi connectivity index (χ2v) is 4.41. The van der Waals surface area contributed by atoms with Crippen LogP contribution in [0.1, 0.15) is 6.42 Å². The number of halogens is 1. The van der Waals surface area contributed by atoms with E-state index in [1.807, 2.05) is 0 Å². The second kappa shape index (κ2) is 4.72. The summed E-state index contributed by atoms with van der Waals surface area (Å²) in [5.41, 5.74) is 0. The molecule has 1 amide bonds. The molecule has 0 saturated carbocycles. The first kappa shape index (κ1) is 11.9. The van der Waals surface area contributed by atoms with Gasteiger partial charge in [-0.1, -0.05) is 0 Å². The van der Waals surface area contributed by atoms with Gasteiger partial charge in [0.25, 0.3) is 5.88 Å². The molecular formula is C11H10BrN3O2. The monoisotopic (exact) mass is 295 g/mol. The molecule has 1 unspecified atom stereocenters. The molecule has 0 radical (unpaired) electrons. The minimum atomic E-state index is -0.0716. The number of methoxy groups -OCH3 is 1. The van der Waals surface area contributed by atoms with Crippen LogP contribution in [0.3, 0.4) is 0 Å². The maximum atomic E-state index is 11.8. The molecule has 2 rings (SSSR count). The zero-order valence-corrected chi connectivity index (χ0v) is 10.8. The number of hydrogen-bond acceptors (Lipinski definition) is 4. The van der Waals surface area contributed by atoms with E-state index in [0.717, 1.165) is 0 Å². The molecule has 0 aromatic carbocycles. The summed E-state index contributed by atoms with van der Waals surface area (Å²) < 4.78 is 5.66. The van der Waals surface area contributed by atoms with E-state index in [0.29, 0.717) is 29.3 Å². The maximum absolute atomic E-state index is 11.8. The van der Waals surface area contributed by atoms with Gasteiger partial charge in [0, 0.05) is 18.9 Å². The lowest BCUT2D eigenvalue weighted by Crippen LogP contribution is -2.26. The van der Waals surface area contributed by atoms with Gasteiger partial charge >= 0.3 is 0 Å². The number of hydrogen-bond donors (Lipinski definition) is 0. The molecule has 17 heavy (non-hydrogen) atoms. The SMILES string of the molecule is C#CC1CC(=O)N(c2ncc(Br)nc2OC)C1. The smallest absolute Gasteiger partial charge is 0.258 e. The van der Waals surface area contributed by atoms with E-state index in [9.17, 15) is 4.79 Å². The summed E-state index contributed by atoms with van der Waals surface area (Å²) >= 11 is 3.20. The van der Waals surface area contributed by atoms with Crippen molar-refractivity contribution >= 4 is 27.7 Å². The van der Waals surface area contributed by atoms with Gasteiger partial charge in [-0.05, 0) is 15.9 Å². The van der Waals surface area contributed by atoms with Crippen molar-refractivity contribution in [1.82, 2.24) is 9.97 Å². The molecule has 1 aliphatic rings. The lowest BCUT2D eigenvalue weighted by atomic mass is 10.1. The summed E-state index contributed by atoms with van der Waals surface area (Å²) in [7, 11) is 1.49. The number of rotatable bonds is 2. The molecule has 1 saturated heterocycles. The molecule has 1 aromatic rings. The Morgan fingerprint density at radius 2 is 2.47 bits per heavy atom. The molecule has 0 N–H and O–H groups in total. The zero-order chi connectivity index (χ0) is 12.4. The van der Waals surface area contributed by atoms with E-state index in [1.165, 1.54) is 18.2 Å². The van der Waals surface area contributed by atoms with Crippen LogP contribution in [0.2, 0.25) is 0 Å². The van der Waals surface area contributed by atoms with Crippen LogP contribution in [-0.2, 0) is 4.79 Å². The standard InChI is InChI=1S/C11H10BrN3O2/c1-3-7-4-9(16)15(6-7)10-11(17-2)14-8(12)5-13-10/h1,5,7H,4,6H2,2H3. The molecule has 2 heterocycles. The van der Waals surface area contributed by atoms with Crippen molar-refractivity contribution in [3.8, 4) is 18.2 Å². The normalized spacial score (nSPS) is 19.2. The Kier molecular flexibility index (Phi) is 3.29. The van der Waals surface area contributed by atoms with Gasteiger partial charge < -0.3 is 4.74 Å². The number of nitrogens with zero attached hydrogens (tertiary/aromatic N) is 3. The van der Waals surface area contributed by atoms with Crippen molar-refractivity contribution in [1.29, 1.82) is 0 Å². The van der Waals surface area contributed by atoms with Crippen LogP contribution in [0.4, 0.5) is 5.82 Å². The van der Waals surface area contributed by atoms with Crippen LogP contribution in [0, 0.1) is 18.3 Å². The molecule has 6 heteroatoms. The van der Waals surface area contributed by atoms with Crippen molar-refractivity contribution < 1.29 is 9.53 Å². The molecule has 0 spiro atoms. The van der Waals surface area contributed by atoms with Gasteiger partial charge in [0.2, 0.25) is 5.91 Å². The molecule has 1 aromatic heterocycles. The zero-order valence-electron chi connectivity index (χ0n) is 9.18. The van der Waals surface area contributed by atoms with Crippen LogP contribution in [0.5, 0.6) is 5.88 Å². The number of amides is 1. The van der Waals surface area contributed by atoms with Crippen molar-refractivity contribution in [3.05, 3.63) is 10.8 Å². The van der Waals surface area contributed by atoms with Gasteiger partial charge in [0.15, 0.2) is 5.82 Å². The number of terminal acetylenes is 1. The first-order valence-electron chi connectivity index (χ1n) is 4.98. The van der Waals surface area contributed by atoms with E-state index in [2.05, 4.69) is 31.8 Å². The minimum Gasteiger partial charge on any atom is -0.478 e. The summed E-state index contributed by atoms with van der Waals surface area (Å²) in [6, 6.07) is 0. The lowest BCUT2D eigenvalue weighted by Gasteiger charge is -2.16. The largest absolute Gasteiger partial charge is 0.478 e. The van der Waals surface area contributed by atoms with Crippen LogP contribution < -0.4 is 9.64 Å². The number of carbonyl (C=O) groups excluding carboxylic acids is 1. The van der Waals surface area contributed by atoms with E-state index < -0.39 is 0 Å². The summed E-state index contributed by atoms with van der Waals surface area (Å²) in [5.74, 6) is 3.18. The lowest BCUT2D eigenvalue weighted by molar-refractivity contribution is -0.117. The average Bonchev–Trinajstić information content (AvgIpc) is 2.70. The van der Waals surface area contributed by atoms with Gasteiger partial charge in [-0.25, -0.2) is 9.97 Å². The van der Waals surface area contributed by atoms with Crippen molar-refractivity contribution in [3.63, 3.8) is 0 Å². The third kappa shape index (κ3) is 2.24. The average molecular weight is 296 g/mol. The Morgan fingerprint density at radius 1 is 1.71 bits per heavy atom. The van der Waals surface area contributed by atoms with Gasteiger partial charge in [-0.3, -0.25) is 9.69 Å². The Balaban J connectivity index is 2.35.